The van der Waals surface area contributed by atoms with Crippen molar-refractivity contribution in [3.05, 3.63) is 29.8 Å². The van der Waals surface area contributed by atoms with E-state index < -0.39 is 24.1 Å². The molecular weight excluding hydrogens is 289 g/mol. The highest BCUT2D eigenvalue weighted by atomic mass is 19.4. The van der Waals surface area contributed by atoms with Crippen LogP contribution < -0.4 is 10.6 Å². The molecule has 5 nitrogen and oxygen atoms in total. The number of carbonyl (C=O) groups is 2. The lowest BCUT2D eigenvalue weighted by atomic mass is 9.94. The van der Waals surface area contributed by atoms with Gasteiger partial charge in [0.05, 0.1) is 0 Å². The first-order valence-corrected chi connectivity index (χ1v) is 6.22. The van der Waals surface area contributed by atoms with E-state index in [1.54, 1.807) is 24.3 Å². The van der Waals surface area contributed by atoms with Crippen LogP contribution in [0, 0.1) is 0 Å². The van der Waals surface area contributed by atoms with Crippen molar-refractivity contribution in [3.63, 3.8) is 0 Å². The van der Waals surface area contributed by atoms with E-state index in [1.165, 1.54) is 5.32 Å². The van der Waals surface area contributed by atoms with Crippen molar-refractivity contribution in [2.45, 2.75) is 24.6 Å². The van der Waals surface area contributed by atoms with E-state index in [4.69, 9.17) is 5.11 Å². The topological polar surface area (TPSA) is 78.4 Å². The maximum absolute atomic E-state index is 12.2. The Kier molecular flexibility index (Phi) is 4.06. The zero-order chi connectivity index (χ0) is 15.6. The number of rotatable bonds is 4. The quantitative estimate of drug-likeness (QED) is 0.791. The number of aliphatic carboxylic acids is 1. The molecule has 1 aliphatic heterocycles. The summed E-state index contributed by atoms with van der Waals surface area (Å²) >= 11 is 0. The SMILES string of the molecule is O=C(O)[C@H](C[C@@H]1CNc2ccccc21)NC(=O)C(F)(F)F. The molecule has 0 spiro atoms. The van der Waals surface area contributed by atoms with Gasteiger partial charge in [-0.05, 0) is 18.1 Å². The highest BCUT2D eigenvalue weighted by Crippen LogP contribution is 2.34. The van der Waals surface area contributed by atoms with Crippen molar-refractivity contribution in [3.8, 4) is 0 Å². The van der Waals surface area contributed by atoms with Crippen molar-refractivity contribution in [1.82, 2.24) is 5.32 Å². The van der Waals surface area contributed by atoms with Crippen molar-refractivity contribution in [1.29, 1.82) is 0 Å². The molecule has 1 amide bonds. The van der Waals surface area contributed by atoms with Gasteiger partial charge in [-0.25, -0.2) is 4.79 Å². The van der Waals surface area contributed by atoms with Gasteiger partial charge in [0.25, 0.3) is 0 Å². The Balaban J connectivity index is 2.08. The standard InChI is InChI=1S/C13H13F3N2O3/c14-13(15,16)12(21)18-10(11(19)20)5-7-6-17-9-4-2-1-3-8(7)9/h1-4,7,10,17H,5-6H2,(H,18,21)(H,19,20)/t7-,10+/m1/s1. The number of carboxylic acid groups (broad SMARTS) is 1. The number of amides is 1. The molecule has 1 aromatic rings. The van der Waals surface area contributed by atoms with E-state index in [9.17, 15) is 22.8 Å². The van der Waals surface area contributed by atoms with Crippen LogP contribution in [0.1, 0.15) is 17.9 Å². The van der Waals surface area contributed by atoms with Gasteiger partial charge in [0, 0.05) is 18.2 Å². The Labute approximate surface area is 118 Å². The Morgan fingerprint density at radius 3 is 2.67 bits per heavy atom. The van der Waals surface area contributed by atoms with Crippen LogP contribution in [-0.4, -0.2) is 35.7 Å². The molecule has 0 fully saturated rings. The van der Waals surface area contributed by atoms with Gasteiger partial charge in [-0.3, -0.25) is 4.79 Å². The molecule has 8 heteroatoms. The summed E-state index contributed by atoms with van der Waals surface area (Å²) in [5, 5.41) is 13.6. The Morgan fingerprint density at radius 2 is 2.05 bits per heavy atom. The van der Waals surface area contributed by atoms with Crippen LogP contribution in [0.2, 0.25) is 0 Å². The van der Waals surface area contributed by atoms with E-state index >= 15 is 0 Å². The molecule has 21 heavy (non-hydrogen) atoms. The Bertz CT molecular complexity index is 560. The van der Waals surface area contributed by atoms with Gasteiger partial charge in [-0.1, -0.05) is 18.2 Å². The molecule has 1 aliphatic rings. The maximum atomic E-state index is 12.2. The number of benzene rings is 1. The molecule has 0 saturated heterocycles. The molecule has 2 rings (SSSR count). The van der Waals surface area contributed by atoms with E-state index in [2.05, 4.69) is 5.32 Å². The normalized spacial score (nSPS) is 18.5. The Morgan fingerprint density at radius 1 is 1.38 bits per heavy atom. The lowest BCUT2D eigenvalue weighted by molar-refractivity contribution is -0.175. The van der Waals surface area contributed by atoms with Gasteiger partial charge in [0.15, 0.2) is 0 Å². The lowest BCUT2D eigenvalue weighted by Crippen LogP contribution is -2.47. The number of para-hydroxylation sites is 1. The number of halogens is 3. The molecular formula is C13H13F3N2O3. The molecule has 1 heterocycles. The molecule has 0 radical (unpaired) electrons. The van der Waals surface area contributed by atoms with Gasteiger partial charge in [0.2, 0.25) is 0 Å². The summed E-state index contributed by atoms with van der Waals surface area (Å²) in [5.74, 6) is -4.00. The van der Waals surface area contributed by atoms with E-state index in [-0.39, 0.29) is 12.3 Å². The summed E-state index contributed by atoms with van der Waals surface area (Å²) in [5.41, 5.74) is 1.67. The molecule has 114 valence electrons. The van der Waals surface area contributed by atoms with Crippen molar-refractivity contribution < 1.29 is 27.9 Å². The summed E-state index contributed by atoms with van der Waals surface area (Å²) in [6, 6.07) is 5.57. The number of hydrogen-bond acceptors (Lipinski definition) is 3. The number of anilines is 1. The first-order valence-electron chi connectivity index (χ1n) is 6.22. The van der Waals surface area contributed by atoms with Crippen LogP contribution in [0.25, 0.3) is 0 Å². The first-order chi connectivity index (χ1) is 9.79. The predicted octanol–water partition coefficient (Wildman–Crippen LogP) is 1.72. The highest BCUT2D eigenvalue weighted by molar-refractivity contribution is 5.87. The number of alkyl halides is 3. The molecule has 0 bridgehead atoms. The maximum Gasteiger partial charge on any atom is 0.471 e. The largest absolute Gasteiger partial charge is 0.480 e. The van der Waals surface area contributed by atoms with Gasteiger partial charge in [-0.2, -0.15) is 13.2 Å². The fraction of sp³-hybridized carbons (Fsp3) is 0.385. The number of fused-ring (bicyclic) bond motifs is 1. The predicted molar refractivity (Wildman–Crippen MR) is 67.9 cm³/mol. The van der Waals surface area contributed by atoms with Crippen LogP contribution in [-0.2, 0) is 9.59 Å². The van der Waals surface area contributed by atoms with E-state index in [1.807, 2.05) is 0 Å². The van der Waals surface area contributed by atoms with Crippen LogP contribution in [0.5, 0.6) is 0 Å². The minimum absolute atomic E-state index is 0.110. The Hall–Kier alpha value is -2.25. The number of nitrogens with one attached hydrogen (secondary N) is 2. The summed E-state index contributed by atoms with van der Waals surface area (Å²) < 4.78 is 36.6. The molecule has 3 N–H and O–H groups in total. The first kappa shape index (κ1) is 15.1. The van der Waals surface area contributed by atoms with Crippen LogP contribution in [0.3, 0.4) is 0 Å². The van der Waals surface area contributed by atoms with Crippen molar-refractivity contribution in [2.24, 2.45) is 0 Å². The van der Waals surface area contributed by atoms with Crippen LogP contribution in [0.15, 0.2) is 24.3 Å². The fourth-order valence-corrected chi connectivity index (χ4v) is 2.31. The van der Waals surface area contributed by atoms with E-state index in [0.717, 1.165) is 11.3 Å². The zero-order valence-electron chi connectivity index (χ0n) is 10.8. The average molecular weight is 302 g/mol. The minimum atomic E-state index is -5.10. The fourth-order valence-electron chi connectivity index (χ4n) is 2.31. The van der Waals surface area contributed by atoms with Gasteiger partial charge < -0.3 is 15.7 Å². The zero-order valence-corrected chi connectivity index (χ0v) is 10.8. The summed E-state index contributed by atoms with van der Waals surface area (Å²) in [4.78, 5) is 21.9. The third-order valence-electron chi connectivity index (χ3n) is 3.32. The summed E-state index contributed by atoms with van der Waals surface area (Å²) in [6.07, 6.45) is -5.21. The second-order valence-electron chi connectivity index (χ2n) is 4.76. The lowest BCUT2D eigenvalue weighted by Gasteiger charge is -2.19. The van der Waals surface area contributed by atoms with Gasteiger partial charge in [0.1, 0.15) is 6.04 Å². The second kappa shape index (κ2) is 5.63. The average Bonchev–Trinajstić information content (AvgIpc) is 2.80. The molecule has 1 aromatic carbocycles. The van der Waals surface area contributed by atoms with Gasteiger partial charge >= 0.3 is 18.1 Å². The van der Waals surface area contributed by atoms with Gasteiger partial charge in [-0.15, -0.1) is 0 Å². The van der Waals surface area contributed by atoms with E-state index in [0.29, 0.717) is 6.54 Å². The third kappa shape index (κ3) is 3.45. The molecule has 0 aliphatic carbocycles. The third-order valence-corrected chi connectivity index (χ3v) is 3.32. The monoisotopic (exact) mass is 302 g/mol. The van der Waals surface area contributed by atoms with Crippen molar-refractivity contribution in [2.75, 3.05) is 11.9 Å². The highest BCUT2D eigenvalue weighted by Gasteiger charge is 2.41. The van der Waals surface area contributed by atoms with Crippen LogP contribution >= 0.6 is 0 Å². The summed E-state index contributed by atoms with van der Waals surface area (Å²) in [6.45, 7) is 0.422. The summed E-state index contributed by atoms with van der Waals surface area (Å²) in [7, 11) is 0. The molecule has 0 unspecified atom stereocenters. The number of carboxylic acids is 1. The smallest absolute Gasteiger partial charge is 0.471 e. The van der Waals surface area contributed by atoms with Crippen LogP contribution in [0.4, 0.5) is 18.9 Å². The number of hydrogen-bond donors (Lipinski definition) is 3. The minimum Gasteiger partial charge on any atom is -0.480 e. The molecule has 2 atom stereocenters. The van der Waals surface area contributed by atoms with Crippen molar-refractivity contribution >= 4 is 17.6 Å². The number of carbonyl (C=O) groups excluding carboxylic acids is 1. The molecule has 0 aromatic heterocycles. The second-order valence-corrected chi connectivity index (χ2v) is 4.76. The molecule has 0 saturated carbocycles.